The van der Waals surface area contributed by atoms with Crippen LogP contribution in [0.1, 0.15) is 37.0 Å². The molecule has 0 unspecified atom stereocenters. The lowest BCUT2D eigenvalue weighted by Crippen LogP contribution is -2.27. The first-order valence-electron chi connectivity index (χ1n) is 7.78. The van der Waals surface area contributed by atoms with Crippen molar-refractivity contribution < 1.29 is 9.53 Å². The molecule has 1 aromatic heterocycles. The van der Waals surface area contributed by atoms with Gasteiger partial charge in [-0.1, -0.05) is 45.5 Å². The monoisotopic (exact) mass is 336 g/mol. The highest BCUT2D eigenvalue weighted by molar-refractivity contribution is 5.96. The summed E-state index contributed by atoms with van der Waals surface area (Å²) in [5.41, 5.74) is 0.160. The quantitative estimate of drug-likeness (QED) is 0.846. The number of ether oxygens (including phenoxy) is 1. The number of carbonyl (C=O) groups is 1. The van der Waals surface area contributed by atoms with Crippen LogP contribution in [0.15, 0.2) is 48.7 Å². The van der Waals surface area contributed by atoms with E-state index in [9.17, 15) is 4.79 Å². The van der Waals surface area contributed by atoms with Gasteiger partial charge in [-0.2, -0.15) is 10.2 Å². The average molecular weight is 336 g/mol. The molecule has 6 heteroatoms. The van der Waals surface area contributed by atoms with Gasteiger partial charge in [0, 0.05) is 17.2 Å². The predicted octanol–water partition coefficient (Wildman–Crippen LogP) is 3.38. The van der Waals surface area contributed by atoms with Crippen LogP contribution in [0, 0.1) is 11.3 Å². The van der Waals surface area contributed by atoms with E-state index in [1.165, 1.54) is 6.20 Å². The van der Waals surface area contributed by atoms with Crippen molar-refractivity contribution in [3.63, 3.8) is 0 Å². The van der Waals surface area contributed by atoms with Crippen molar-refractivity contribution in [3.8, 4) is 17.7 Å². The van der Waals surface area contributed by atoms with Crippen LogP contribution in [0.4, 0.5) is 0 Å². The number of nitrogens with one attached hydrogen (secondary N) is 1. The van der Waals surface area contributed by atoms with E-state index in [1.807, 2.05) is 45.0 Å². The summed E-state index contributed by atoms with van der Waals surface area (Å²) in [6.07, 6.45) is 1.44. The summed E-state index contributed by atoms with van der Waals surface area (Å²) in [6.45, 7) is 9.53. The highest BCUT2D eigenvalue weighted by Crippen LogP contribution is 2.26. The number of aromatic nitrogens is 2. The normalized spacial score (nSPS) is 10.6. The molecule has 0 aliphatic carbocycles. The first kappa shape index (κ1) is 18.1. The molecule has 1 aromatic carbocycles. The Bertz CT molecular complexity index is 818. The Balaban J connectivity index is 2.36. The number of amides is 1. The molecular formula is C19H20N4O2. The third-order valence-corrected chi connectivity index (χ3v) is 3.25. The van der Waals surface area contributed by atoms with Gasteiger partial charge in [0.25, 0.3) is 5.91 Å². The Morgan fingerprint density at radius 1 is 1.32 bits per heavy atom. The number of carbonyl (C=O) groups excluding carboxylic acids is 1. The molecule has 0 aliphatic heterocycles. The molecule has 0 atom stereocenters. The maximum absolute atomic E-state index is 12.4. The summed E-state index contributed by atoms with van der Waals surface area (Å²) in [5, 5.41) is 11.4. The van der Waals surface area contributed by atoms with Gasteiger partial charge in [0.1, 0.15) is 17.1 Å². The number of nitrogens with zero attached hydrogens (tertiary/aromatic N) is 3. The molecule has 1 amide bonds. The van der Waals surface area contributed by atoms with Gasteiger partial charge in [-0.25, -0.2) is 4.98 Å². The fourth-order valence-electron chi connectivity index (χ4n) is 1.88. The first-order valence-corrected chi connectivity index (χ1v) is 7.78. The van der Waals surface area contributed by atoms with Gasteiger partial charge in [0.15, 0.2) is 0 Å². The highest BCUT2D eigenvalue weighted by Gasteiger charge is 2.23. The number of hydrogen-bond donors (Lipinski definition) is 1. The summed E-state index contributed by atoms with van der Waals surface area (Å²) in [7, 11) is 0. The molecule has 0 spiro atoms. The van der Waals surface area contributed by atoms with Gasteiger partial charge in [0.2, 0.25) is 5.88 Å². The van der Waals surface area contributed by atoms with Gasteiger partial charge >= 0.3 is 0 Å². The van der Waals surface area contributed by atoms with Gasteiger partial charge in [-0.3, -0.25) is 4.79 Å². The van der Waals surface area contributed by atoms with E-state index in [-0.39, 0.29) is 29.0 Å². The fraction of sp³-hybridized carbons (Fsp3) is 0.263. The van der Waals surface area contributed by atoms with E-state index < -0.39 is 5.91 Å². The zero-order valence-corrected chi connectivity index (χ0v) is 14.5. The molecule has 1 N–H and O–H groups in total. The minimum absolute atomic E-state index is 0.0567. The second kappa shape index (κ2) is 7.58. The van der Waals surface area contributed by atoms with Crippen molar-refractivity contribution in [2.24, 2.45) is 0 Å². The van der Waals surface area contributed by atoms with Crippen LogP contribution in [-0.4, -0.2) is 22.4 Å². The van der Waals surface area contributed by atoms with Crippen molar-refractivity contribution in [1.29, 1.82) is 5.26 Å². The van der Waals surface area contributed by atoms with E-state index in [1.54, 1.807) is 12.1 Å². The third kappa shape index (κ3) is 4.88. The second-order valence-electron chi connectivity index (χ2n) is 6.48. The second-order valence-corrected chi connectivity index (χ2v) is 6.48. The van der Waals surface area contributed by atoms with Crippen molar-refractivity contribution in [2.75, 3.05) is 6.54 Å². The standard InChI is InChI=1S/C19H20N4O2/c1-13(10-20)11-21-16(24)15-12-22-18(19(2,3)4)23-17(15)25-14-8-6-5-7-9-14/h5-9,12H,1,11H2,2-4H3,(H,21,24). The zero-order chi connectivity index (χ0) is 18.4. The Morgan fingerprint density at radius 2 is 2.00 bits per heavy atom. The van der Waals surface area contributed by atoms with Gasteiger partial charge in [-0.05, 0) is 12.1 Å². The molecule has 2 rings (SSSR count). The summed E-state index contributed by atoms with van der Waals surface area (Å²) < 4.78 is 5.80. The highest BCUT2D eigenvalue weighted by atomic mass is 16.5. The van der Waals surface area contributed by atoms with E-state index >= 15 is 0 Å². The number of para-hydroxylation sites is 1. The molecule has 0 fully saturated rings. The van der Waals surface area contributed by atoms with Crippen LogP contribution in [-0.2, 0) is 5.41 Å². The van der Waals surface area contributed by atoms with Crippen molar-refractivity contribution in [2.45, 2.75) is 26.2 Å². The number of nitriles is 1. The summed E-state index contributed by atoms with van der Waals surface area (Å²) in [6, 6.07) is 11.0. The molecule has 0 aliphatic rings. The number of hydrogen-bond acceptors (Lipinski definition) is 5. The molecule has 0 bridgehead atoms. The van der Waals surface area contributed by atoms with E-state index in [4.69, 9.17) is 10.00 Å². The van der Waals surface area contributed by atoms with Crippen LogP contribution in [0.25, 0.3) is 0 Å². The maximum Gasteiger partial charge on any atom is 0.258 e. The van der Waals surface area contributed by atoms with E-state index in [2.05, 4.69) is 21.9 Å². The largest absolute Gasteiger partial charge is 0.438 e. The molecule has 1 heterocycles. The fourth-order valence-corrected chi connectivity index (χ4v) is 1.88. The van der Waals surface area contributed by atoms with Crippen LogP contribution in [0.5, 0.6) is 11.6 Å². The maximum atomic E-state index is 12.4. The Kier molecular flexibility index (Phi) is 5.50. The van der Waals surface area contributed by atoms with Gasteiger partial charge in [0.05, 0.1) is 12.6 Å². The average Bonchev–Trinajstić information content (AvgIpc) is 2.59. The number of rotatable bonds is 5. The SMILES string of the molecule is C=C(C#N)CNC(=O)c1cnc(C(C)(C)C)nc1Oc1ccccc1. The lowest BCUT2D eigenvalue weighted by atomic mass is 9.95. The van der Waals surface area contributed by atoms with Crippen LogP contribution in [0.2, 0.25) is 0 Å². The Morgan fingerprint density at radius 3 is 2.60 bits per heavy atom. The molecule has 2 aromatic rings. The van der Waals surface area contributed by atoms with Crippen LogP contribution in [0.3, 0.4) is 0 Å². The first-order chi connectivity index (χ1) is 11.8. The summed E-state index contributed by atoms with van der Waals surface area (Å²) >= 11 is 0. The van der Waals surface area contributed by atoms with Crippen LogP contribution >= 0.6 is 0 Å². The number of benzene rings is 1. The smallest absolute Gasteiger partial charge is 0.258 e. The molecule has 0 saturated carbocycles. The topological polar surface area (TPSA) is 87.9 Å². The predicted molar refractivity (Wildman–Crippen MR) is 94.3 cm³/mol. The minimum Gasteiger partial charge on any atom is -0.438 e. The Hall–Kier alpha value is -3.20. The molecule has 128 valence electrons. The van der Waals surface area contributed by atoms with Crippen molar-refractivity contribution in [1.82, 2.24) is 15.3 Å². The van der Waals surface area contributed by atoms with Crippen LogP contribution < -0.4 is 10.1 Å². The zero-order valence-electron chi connectivity index (χ0n) is 14.5. The molecule has 0 radical (unpaired) electrons. The van der Waals surface area contributed by atoms with Crippen molar-refractivity contribution >= 4 is 5.91 Å². The summed E-state index contributed by atoms with van der Waals surface area (Å²) in [5.74, 6) is 0.877. The molecule has 25 heavy (non-hydrogen) atoms. The molecular weight excluding hydrogens is 316 g/mol. The van der Waals surface area contributed by atoms with E-state index in [0.29, 0.717) is 11.6 Å². The molecule has 6 nitrogen and oxygen atoms in total. The minimum atomic E-state index is -0.428. The van der Waals surface area contributed by atoms with Gasteiger partial charge < -0.3 is 10.1 Å². The van der Waals surface area contributed by atoms with Gasteiger partial charge in [-0.15, -0.1) is 0 Å². The third-order valence-electron chi connectivity index (χ3n) is 3.25. The van der Waals surface area contributed by atoms with E-state index in [0.717, 1.165) is 0 Å². The van der Waals surface area contributed by atoms with Crippen molar-refractivity contribution in [3.05, 3.63) is 60.1 Å². The summed E-state index contributed by atoms with van der Waals surface area (Å²) in [4.78, 5) is 21.1. The molecule has 0 saturated heterocycles. The lowest BCUT2D eigenvalue weighted by molar-refractivity contribution is 0.0953. The lowest BCUT2D eigenvalue weighted by Gasteiger charge is -2.18. The Labute approximate surface area is 147 Å².